The molecule has 0 aliphatic heterocycles. The average molecular weight is 325 g/mol. The number of rotatable bonds is 3. The molecule has 0 aliphatic rings. The van der Waals surface area contributed by atoms with Gasteiger partial charge in [-0.15, -0.1) is 10.9 Å². The topological polar surface area (TPSA) is 23.8 Å². The van der Waals surface area contributed by atoms with Crippen LogP contribution < -0.4 is 16.4 Å². The Labute approximate surface area is 164 Å². The summed E-state index contributed by atoms with van der Waals surface area (Å²) in [5.41, 5.74) is 10.8. The third-order valence-electron chi connectivity index (χ3n) is 5.68. The van der Waals surface area contributed by atoms with E-state index in [4.69, 9.17) is 31.1 Å². The van der Waals surface area contributed by atoms with Gasteiger partial charge in [-0.05, 0) is 80.5 Å². The molecule has 2 aromatic rings. The van der Waals surface area contributed by atoms with E-state index in [1.807, 2.05) is 41.5 Å². The number of nitrogens with zero attached hydrogens (tertiary/aromatic N) is 1. The summed E-state index contributed by atoms with van der Waals surface area (Å²) >= 11 is 0. The van der Waals surface area contributed by atoms with Gasteiger partial charge < -0.3 is 0 Å². The van der Waals surface area contributed by atoms with E-state index >= 15 is 0 Å². The number of hydrogen-bond acceptors (Lipinski definition) is 1. The van der Waals surface area contributed by atoms with Gasteiger partial charge in [-0.25, -0.2) is 0 Å². The maximum atomic E-state index is 9.52. The van der Waals surface area contributed by atoms with Crippen LogP contribution in [0.1, 0.15) is 38.9 Å². The molecule has 0 aromatic heterocycles. The Balaban J connectivity index is 3.05. The number of benzene rings is 2. The molecule has 7 heteroatoms. The molecular formula is C19H18B6N. The van der Waals surface area contributed by atoms with Crippen LogP contribution in [0, 0.1) is 52.9 Å². The van der Waals surface area contributed by atoms with Crippen LogP contribution in [0.4, 0.5) is 0 Å². The molecule has 0 aliphatic carbocycles. The molecule has 1 nitrogen and oxygen atoms in total. The summed E-state index contributed by atoms with van der Waals surface area (Å²) in [6.45, 7) is 11.4. The predicted octanol–water partition coefficient (Wildman–Crippen LogP) is 0.315. The van der Waals surface area contributed by atoms with Crippen molar-refractivity contribution in [2.75, 3.05) is 0 Å². The first-order valence-corrected chi connectivity index (χ1v) is 8.59. The number of nitriles is 1. The fourth-order valence-electron chi connectivity index (χ4n) is 3.86. The van der Waals surface area contributed by atoms with Gasteiger partial charge in [-0.3, -0.25) is 0 Å². The first-order chi connectivity index (χ1) is 12.1. The Morgan fingerprint density at radius 2 is 1.27 bits per heavy atom. The second kappa shape index (κ2) is 7.51. The van der Waals surface area contributed by atoms with Gasteiger partial charge in [-0.2, -0.15) is 5.26 Å². The van der Waals surface area contributed by atoms with Crippen LogP contribution in [0.2, 0.25) is 0 Å². The summed E-state index contributed by atoms with van der Waals surface area (Å²) in [6, 6.07) is 2.32. The van der Waals surface area contributed by atoms with E-state index in [9.17, 15) is 5.26 Å². The molecule has 9 radical (unpaired) electrons. The summed E-state index contributed by atoms with van der Waals surface area (Å²) < 4.78 is 0. The van der Waals surface area contributed by atoms with E-state index in [0.717, 1.165) is 55.5 Å². The second-order valence-electron chi connectivity index (χ2n) is 6.92. The van der Waals surface area contributed by atoms with Crippen molar-refractivity contribution >= 4 is 61.1 Å². The molecule has 0 amide bonds. The average Bonchev–Trinajstić information content (AvgIpc) is 2.59. The van der Waals surface area contributed by atoms with Crippen LogP contribution in [-0.2, 0) is 0 Å². The minimum Gasteiger partial charge on any atom is -0.192 e. The minimum atomic E-state index is -0.661. The van der Waals surface area contributed by atoms with E-state index in [0.29, 0.717) is 10.9 Å². The highest BCUT2D eigenvalue weighted by atomic mass is 14.3. The molecule has 26 heavy (non-hydrogen) atoms. The molecule has 2 aromatic carbocycles. The van der Waals surface area contributed by atoms with Gasteiger partial charge in [0.15, 0.2) is 0 Å². The summed E-state index contributed by atoms with van der Waals surface area (Å²) in [5, 5.41) is 9.52. The standard InChI is InChI=1S/C19H18B6N/c1-8-10(3)15(11(4)9(2)14(8)7-26)16-12(5)13(6)19(25(22)23)18(24-21)17(16)20/h1-6H3. The lowest BCUT2D eigenvalue weighted by Crippen LogP contribution is -2.54. The summed E-state index contributed by atoms with van der Waals surface area (Å²) in [5.74, 6) is 0. The van der Waals surface area contributed by atoms with Crippen LogP contribution in [0.3, 0.4) is 0 Å². The molecule has 0 heterocycles. The van der Waals surface area contributed by atoms with Crippen LogP contribution >= 0.6 is 0 Å². The number of hydrogen-bond donors (Lipinski definition) is 0. The largest absolute Gasteiger partial charge is 0.192 e. The molecule has 0 spiro atoms. The third-order valence-corrected chi connectivity index (χ3v) is 5.68. The van der Waals surface area contributed by atoms with Crippen LogP contribution in [-0.4, -0.2) is 44.7 Å². The van der Waals surface area contributed by atoms with Gasteiger partial charge in [0, 0.05) is 23.2 Å². The molecule has 0 bridgehead atoms. The fraction of sp³-hybridized carbons (Fsp3) is 0.316. The van der Waals surface area contributed by atoms with Gasteiger partial charge >= 0.3 is 0 Å². The quantitative estimate of drug-likeness (QED) is 0.746. The zero-order valence-electron chi connectivity index (χ0n) is 16.4. The molecule has 0 atom stereocenters. The first kappa shape index (κ1) is 20.6. The lowest BCUT2D eigenvalue weighted by Gasteiger charge is -2.28. The normalized spacial score (nSPS) is 10.5. The zero-order valence-corrected chi connectivity index (χ0v) is 16.4. The Kier molecular flexibility index (Phi) is 5.96. The second-order valence-corrected chi connectivity index (χ2v) is 6.92. The first-order valence-electron chi connectivity index (χ1n) is 8.59. The fourth-order valence-corrected chi connectivity index (χ4v) is 3.86. The van der Waals surface area contributed by atoms with E-state index in [2.05, 4.69) is 6.07 Å². The SMILES string of the molecule is [B][B]c1c([B])c(-c2c(C)c(C)c(C#N)c(C)c2C)c(C)c(C)c1B([B])[B]. The minimum absolute atomic E-state index is 0.571. The molecule has 117 valence electrons. The summed E-state index contributed by atoms with van der Waals surface area (Å²) in [4.78, 5) is 0. The van der Waals surface area contributed by atoms with Crippen LogP contribution in [0.5, 0.6) is 0 Å². The van der Waals surface area contributed by atoms with Gasteiger partial charge in [0.25, 0.3) is 0 Å². The maximum Gasteiger partial charge on any atom is 0.113 e. The van der Waals surface area contributed by atoms with Gasteiger partial charge in [0.1, 0.15) is 7.85 Å². The van der Waals surface area contributed by atoms with E-state index in [1.54, 1.807) is 0 Å². The monoisotopic (exact) mass is 326 g/mol. The van der Waals surface area contributed by atoms with E-state index in [1.165, 1.54) is 7.17 Å². The van der Waals surface area contributed by atoms with Crippen LogP contribution in [0.25, 0.3) is 11.1 Å². The third kappa shape index (κ3) is 2.98. The smallest absolute Gasteiger partial charge is 0.113 e. The molecular weight excluding hydrogens is 307 g/mol. The lowest BCUT2D eigenvalue weighted by molar-refractivity contribution is 1.21. The highest BCUT2D eigenvalue weighted by Gasteiger charge is 2.23. The van der Waals surface area contributed by atoms with E-state index in [-0.39, 0.29) is 0 Å². The Hall–Kier alpha value is -1.68. The molecule has 0 unspecified atom stereocenters. The Bertz CT molecular complexity index is 912. The van der Waals surface area contributed by atoms with Crippen molar-refractivity contribution in [2.24, 2.45) is 0 Å². The van der Waals surface area contributed by atoms with Crippen molar-refractivity contribution in [1.82, 2.24) is 0 Å². The summed E-state index contributed by atoms with van der Waals surface area (Å²) in [7, 11) is 25.9. The van der Waals surface area contributed by atoms with Crippen molar-refractivity contribution in [3.63, 3.8) is 0 Å². The highest BCUT2D eigenvalue weighted by Crippen LogP contribution is 2.35. The van der Waals surface area contributed by atoms with Crippen molar-refractivity contribution in [1.29, 1.82) is 5.26 Å². The lowest BCUT2D eigenvalue weighted by atomic mass is 9.14. The van der Waals surface area contributed by atoms with Gasteiger partial charge in [0.2, 0.25) is 0 Å². The molecule has 0 N–H and O–H groups in total. The van der Waals surface area contributed by atoms with Crippen molar-refractivity contribution in [3.8, 4) is 17.2 Å². The summed E-state index contributed by atoms with van der Waals surface area (Å²) in [6.07, 6.45) is 0. The predicted molar refractivity (Wildman–Crippen MR) is 118 cm³/mol. The zero-order chi connectivity index (χ0) is 19.9. The highest BCUT2D eigenvalue weighted by molar-refractivity contribution is 7.36. The molecule has 0 saturated heterocycles. The van der Waals surface area contributed by atoms with Crippen molar-refractivity contribution < 1.29 is 0 Å². The van der Waals surface area contributed by atoms with Gasteiger partial charge in [-0.1, -0.05) is 11.0 Å². The van der Waals surface area contributed by atoms with E-state index < -0.39 is 6.49 Å². The van der Waals surface area contributed by atoms with Crippen molar-refractivity contribution in [2.45, 2.75) is 41.5 Å². The Morgan fingerprint density at radius 3 is 1.65 bits per heavy atom. The molecule has 0 fully saturated rings. The van der Waals surface area contributed by atoms with Crippen molar-refractivity contribution in [3.05, 3.63) is 38.9 Å². The van der Waals surface area contributed by atoms with Crippen LogP contribution in [0.15, 0.2) is 0 Å². The van der Waals surface area contributed by atoms with Gasteiger partial charge in [0.05, 0.1) is 25.3 Å². The molecule has 0 saturated carbocycles. The maximum absolute atomic E-state index is 9.52. The Morgan fingerprint density at radius 1 is 0.808 bits per heavy atom. The molecule has 2 rings (SSSR count).